The summed E-state index contributed by atoms with van der Waals surface area (Å²) in [6.07, 6.45) is -1.64. The van der Waals surface area contributed by atoms with Gasteiger partial charge in [0.1, 0.15) is 44.7 Å². The molecule has 0 aliphatic carbocycles. The van der Waals surface area contributed by atoms with Crippen molar-refractivity contribution in [2.24, 2.45) is 47.3 Å². The maximum absolute atomic E-state index is 12.7. The van der Waals surface area contributed by atoms with E-state index in [1.54, 1.807) is 0 Å². The first-order chi connectivity index (χ1) is 27.3. The smallest absolute Gasteiger partial charge is 0.744 e. The second-order valence-electron chi connectivity index (χ2n) is 17.8. The van der Waals surface area contributed by atoms with Crippen LogP contribution in [0.4, 0.5) is 0 Å². The van der Waals surface area contributed by atoms with Crippen molar-refractivity contribution in [3.05, 3.63) is 58.7 Å². The zero-order valence-corrected chi connectivity index (χ0v) is 44.7. The molecular weight excluding hydrogens is 954 g/mol. The van der Waals surface area contributed by atoms with E-state index in [1.165, 1.54) is 12.1 Å². The molecule has 0 amide bonds. The Bertz CT molecular complexity index is 1720. The summed E-state index contributed by atoms with van der Waals surface area (Å²) in [5.74, 6) is -2.96. The molecule has 2 aromatic carbocycles. The maximum Gasteiger partial charge on any atom is 2.00 e. The van der Waals surface area contributed by atoms with Crippen LogP contribution in [0.1, 0.15) is 152 Å². The SMILES string of the molecule is CC(C)C(OC(=O)c1cc(C(=O)OC(C(C)C)C(C)C)cc(S(=O)(=O)[O-])c1)C(C)C.CC(C)C(OC(=O)c1cc(C(=O)OC(C(C)C)C(C)C)cc(S(=O)(=O)[O-])c1)C(C)C.[Ba+2]. The second kappa shape index (κ2) is 25.3. The van der Waals surface area contributed by atoms with Crippen LogP contribution in [0.2, 0.25) is 0 Å². The summed E-state index contributed by atoms with van der Waals surface area (Å²) in [7, 11) is -9.81. The predicted octanol–water partition coefficient (Wildman–Crippen LogP) is 8.15. The zero-order chi connectivity index (χ0) is 46.8. The van der Waals surface area contributed by atoms with Crippen molar-refractivity contribution in [3.8, 4) is 0 Å². The molecule has 2 aromatic rings. The van der Waals surface area contributed by atoms with Gasteiger partial charge in [-0.2, -0.15) is 0 Å². The molecule has 0 atom stereocenters. The first kappa shape index (κ1) is 58.7. The molecule has 340 valence electrons. The van der Waals surface area contributed by atoms with E-state index >= 15 is 0 Å². The van der Waals surface area contributed by atoms with Gasteiger partial charge in [-0.1, -0.05) is 111 Å². The number of ether oxygens (including phenoxy) is 4. The molecule has 14 nitrogen and oxygen atoms in total. The fourth-order valence-corrected chi connectivity index (χ4v) is 7.98. The third-order valence-electron chi connectivity index (χ3n) is 9.56. The average molecular weight is 1020 g/mol. The fourth-order valence-electron chi connectivity index (χ4n) is 6.89. The molecule has 0 unspecified atom stereocenters. The van der Waals surface area contributed by atoms with Crippen LogP contribution in [0.3, 0.4) is 0 Å². The van der Waals surface area contributed by atoms with Crippen LogP contribution in [0.15, 0.2) is 46.2 Å². The molecule has 0 saturated heterocycles. The van der Waals surface area contributed by atoms with E-state index < -0.39 is 78.3 Å². The third kappa shape index (κ3) is 18.8. The third-order valence-corrected chi connectivity index (χ3v) is 11.2. The fraction of sp³-hybridized carbons (Fsp3) is 0.636. The molecule has 0 radical (unpaired) electrons. The van der Waals surface area contributed by atoms with Crippen molar-refractivity contribution >= 4 is 93.0 Å². The molecule has 0 aromatic heterocycles. The van der Waals surface area contributed by atoms with Crippen molar-refractivity contribution in [1.82, 2.24) is 0 Å². The van der Waals surface area contributed by atoms with E-state index in [2.05, 4.69) is 0 Å². The van der Waals surface area contributed by atoms with Crippen LogP contribution in [0.5, 0.6) is 0 Å². The quantitative estimate of drug-likeness (QED) is 0.0596. The topological polar surface area (TPSA) is 220 Å². The van der Waals surface area contributed by atoms with Gasteiger partial charge in [-0.15, -0.1) is 0 Å². The second-order valence-corrected chi connectivity index (χ2v) is 20.6. The van der Waals surface area contributed by atoms with E-state index in [0.717, 1.165) is 24.3 Å². The van der Waals surface area contributed by atoms with Gasteiger partial charge < -0.3 is 28.1 Å². The Hall–Kier alpha value is -2.29. The summed E-state index contributed by atoms with van der Waals surface area (Å²) < 4.78 is 91.7. The van der Waals surface area contributed by atoms with Crippen LogP contribution in [0, 0.1) is 47.3 Å². The number of hydrogen-bond donors (Lipinski definition) is 0. The monoisotopic (exact) mass is 1020 g/mol. The maximum atomic E-state index is 12.7. The Morgan fingerprint density at radius 3 is 0.623 bits per heavy atom. The van der Waals surface area contributed by atoms with E-state index in [-0.39, 0.29) is 118 Å². The minimum Gasteiger partial charge on any atom is -0.744 e. The zero-order valence-electron chi connectivity index (χ0n) is 38.6. The standard InChI is InChI=1S/2C22H34O7S.Ba/c2*1-12(2)19(13(3)4)28-21(23)16-9-17(11-18(10-16)30(25,26)27)22(24)29-20(14(5)6)15(7)8;/h2*9-15,19-20H,1-8H3,(H,25,26,27);/q;;+2/p-2. The van der Waals surface area contributed by atoms with Crippen molar-refractivity contribution in [2.75, 3.05) is 0 Å². The summed E-state index contributed by atoms with van der Waals surface area (Å²) in [5.41, 5.74) is -0.738. The Labute approximate surface area is 404 Å². The van der Waals surface area contributed by atoms with E-state index in [4.69, 9.17) is 18.9 Å². The molecule has 0 saturated carbocycles. The summed E-state index contributed by atoms with van der Waals surface area (Å²) in [6, 6.07) is 6.13. The van der Waals surface area contributed by atoms with Gasteiger partial charge in [-0.25, -0.2) is 36.0 Å². The van der Waals surface area contributed by atoms with Crippen LogP contribution in [0.25, 0.3) is 0 Å². The summed E-state index contributed by atoms with van der Waals surface area (Å²) in [6.45, 7) is 30.4. The molecule has 0 heterocycles. The van der Waals surface area contributed by atoms with Gasteiger partial charge in [0, 0.05) is 0 Å². The average Bonchev–Trinajstić information content (AvgIpc) is 3.11. The largest absolute Gasteiger partial charge is 2.00 e. The van der Waals surface area contributed by atoms with Crippen LogP contribution in [-0.4, -0.2) is 123 Å². The van der Waals surface area contributed by atoms with Gasteiger partial charge in [-0.05, 0) is 83.7 Å². The van der Waals surface area contributed by atoms with Crippen molar-refractivity contribution in [3.63, 3.8) is 0 Å². The number of hydrogen-bond acceptors (Lipinski definition) is 14. The molecule has 17 heteroatoms. The van der Waals surface area contributed by atoms with E-state index in [1.807, 2.05) is 111 Å². The number of carbonyl (C=O) groups excluding carboxylic acids is 4. The van der Waals surface area contributed by atoms with Crippen molar-refractivity contribution in [2.45, 2.75) is 145 Å². The van der Waals surface area contributed by atoms with Crippen LogP contribution >= 0.6 is 0 Å². The van der Waals surface area contributed by atoms with Crippen LogP contribution < -0.4 is 0 Å². The van der Waals surface area contributed by atoms with Gasteiger partial charge in [0.2, 0.25) is 0 Å². The van der Waals surface area contributed by atoms with E-state index in [9.17, 15) is 45.1 Å². The van der Waals surface area contributed by atoms with Crippen molar-refractivity contribution < 1.29 is 64.1 Å². The van der Waals surface area contributed by atoms with Gasteiger partial charge in [-0.3, -0.25) is 0 Å². The number of rotatable bonds is 18. The van der Waals surface area contributed by atoms with Gasteiger partial charge in [0.15, 0.2) is 0 Å². The first-order valence-electron chi connectivity index (χ1n) is 20.4. The summed E-state index contributed by atoms with van der Waals surface area (Å²) in [4.78, 5) is 49.4. The molecule has 0 bridgehead atoms. The van der Waals surface area contributed by atoms with Gasteiger partial charge in [0.25, 0.3) is 0 Å². The molecule has 0 aliphatic rings. The Morgan fingerprint density at radius 1 is 0.361 bits per heavy atom. The molecular formula is C44H66BaO14S2. The molecule has 0 aliphatic heterocycles. The molecule has 2 rings (SSSR count). The molecule has 61 heavy (non-hydrogen) atoms. The summed E-state index contributed by atoms with van der Waals surface area (Å²) >= 11 is 0. The Kier molecular flexibility index (Phi) is 24.3. The minimum absolute atomic E-state index is 0. The molecule has 0 N–H and O–H groups in total. The first-order valence-corrected chi connectivity index (χ1v) is 23.2. The molecule has 0 fully saturated rings. The number of esters is 4. The Morgan fingerprint density at radius 2 is 0.508 bits per heavy atom. The van der Waals surface area contributed by atoms with Gasteiger partial charge in [0.05, 0.1) is 32.0 Å². The minimum atomic E-state index is -4.90. The number of benzene rings is 2. The van der Waals surface area contributed by atoms with Gasteiger partial charge >= 0.3 is 72.8 Å². The molecule has 0 spiro atoms. The number of carbonyl (C=O) groups is 4. The van der Waals surface area contributed by atoms with Crippen LogP contribution in [-0.2, 0) is 39.2 Å². The summed E-state index contributed by atoms with van der Waals surface area (Å²) in [5, 5.41) is 0. The van der Waals surface area contributed by atoms with Crippen molar-refractivity contribution in [1.29, 1.82) is 0 Å². The Balaban J connectivity index is 0.00000116. The predicted molar refractivity (Wildman–Crippen MR) is 230 cm³/mol. The van der Waals surface area contributed by atoms with E-state index in [0.29, 0.717) is 0 Å². The normalized spacial score (nSPS) is 12.3.